The van der Waals surface area contributed by atoms with E-state index in [1.165, 1.54) is 10.4 Å². The Kier molecular flexibility index (Phi) is 5.96. The molecular formula is C21H25NO3S2. The number of hydrogen-bond donors (Lipinski definition) is 0. The molecule has 1 amide bonds. The second-order valence-electron chi connectivity index (χ2n) is 7.21. The van der Waals surface area contributed by atoms with Gasteiger partial charge in [0.25, 0.3) is 0 Å². The first-order chi connectivity index (χ1) is 12.8. The normalized spacial score (nSPS) is 14.7. The van der Waals surface area contributed by atoms with Crippen LogP contribution in [0.3, 0.4) is 0 Å². The zero-order valence-electron chi connectivity index (χ0n) is 16.3. The van der Waals surface area contributed by atoms with Crippen molar-refractivity contribution < 1.29 is 13.8 Å². The molecule has 2 aromatic rings. The summed E-state index contributed by atoms with van der Waals surface area (Å²) in [5, 5.41) is 2.06. The van der Waals surface area contributed by atoms with Crippen molar-refractivity contribution in [3.63, 3.8) is 0 Å². The van der Waals surface area contributed by atoms with Gasteiger partial charge in [0.15, 0.2) is 5.78 Å². The van der Waals surface area contributed by atoms with E-state index in [0.29, 0.717) is 24.4 Å². The molecule has 0 aliphatic carbocycles. The number of rotatable bonds is 5. The van der Waals surface area contributed by atoms with E-state index in [-0.39, 0.29) is 17.4 Å². The minimum Gasteiger partial charge on any atom is -0.337 e. The van der Waals surface area contributed by atoms with Crippen LogP contribution in [0.4, 0.5) is 0 Å². The van der Waals surface area contributed by atoms with Gasteiger partial charge in [-0.25, -0.2) is 0 Å². The predicted molar refractivity (Wildman–Crippen MR) is 111 cm³/mol. The van der Waals surface area contributed by atoms with E-state index in [1.807, 2.05) is 31.7 Å². The van der Waals surface area contributed by atoms with Crippen LogP contribution in [0.5, 0.6) is 0 Å². The molecule has 0 saturated heterocycles. The van der Waals surface area contributed by atoms with Crippen molar-refractivity contribution in [3.05, 3.63) is 55.8 Å². The van der Waals surface area contributed by atoms with Crippen LogP contribution >= 0.6 is 11.3 Å². The second-order valence-corrected chi connectivity index (χ2v) is 9.67. The lowest BCUT2D eigenvalue weighted by atomic mass is 9.92. The quantitative estimate of drug-likeness (QED) is 0.715. The van der Waals surface area contributed by atoms with Gasteiger partial charge in [-0.05, 0) is 73.4 Å². The first kappa shape index (κ1) is 20.0. The highest BCUT2D eigenvalue weighted by molar-refractivity contribution is 7.84. The average Bonchev–Trinajstić information content (AvgIpc) is 3.05. The summed E-state index contributed by atoms with van der Waals surface area (Å²) in [4.78, 5) is 27.7. The van der Waals surface area contributed by atoms with Crippen LogP contribution in [0.1, 0.15) is 50.0 Å². The molecule has 0 bridgehead atoms. The maximum atomic E-state index is 12.7. The Labute approximate surface area is 167 Å². The van der Waals surface area contributed by atoms with Gasteiger partial charge in [-0.3, -0.25) is 13.8 Å². The highest BCUT2D eigenvalue weighted by Gasteiger charge is 2.23. The number of Topliss-reactive ketones (excluding diaryl/α,β-unsaturated/α-hetero) is 1. The molecule has 0 saturated carbocycles. The summed E-state index contributed by atoms with van der Waals surface area (Å²) in [6, 6.07) is 4.04. The molecule has 4 nitrogen and oxygen atoms in total. The number of nitrogens with zero attached hydrogens (tertiary/aromatic N) is 1. The molecule has 1 atom stereocenters. The minimum atomic E-state index is -1.30. The zero-order chi connectivity index (χ0) is 19.7. The molecule has 0 spiro atoms. The Morgan fingerprint density at radius 1 is 1.22 bits per heavy atom. The summed E-state index contributed by atoms with van der Waals surface area (Å²) < 4.78 is 12.7. The lowest BCUT2D eigenvalue weighted by Gasteiger charge is -2.27. The van der Waals surface area contributed by atoms with Gasteiger partial charge in [0.1, 0.15) is 5.75 Å². The highest BCUT2D eigenvalue weighted by atomic mass is 32.2. The predicted octanol–water partition coefficient (Wildman–Crippen LogP) is 3.71. The fraction of sp³-hybridized carbons (Fsp3) is 0.429. The van der Waals surface area contributed by atoms with Gasteiger partial charge in [-0.2, -0.15) is 0 Å². The molecule has 0 fully saturated rings. The Balaban J connectivity index is 1.70. The van der Waals surface area contributed by atoms with Gasteiger partial charge in [-0.1, -0.05) is 6.07 Å². The highest BCUT2D eigenvalue weighted by Crippen LogP contribution is 2.26. The number of aryl methyl sites for hydroxylation is 2. The van der Waals surface area contributed by atoms with Crippen LogP contribution in [0, 0.1) is 20.8 Å². The van der Waals surface area contributed by atoms with Crippen LogP contribution in [0.15, 0.2) is 17.5 Å². The number of carbonyl (C=O) groups excluding carboxylic acids is 2. The SMILES string of the molecule is CC(=O)c1c(C)cc(C)c(C[S@@](=O)CC(=O)N2CCc3sccc3C2)c1C. The fourth-order valence-corrected chi connectivity index (χ4v) is 6.11. The number of fused-ring (bicyclic) bond motifs is 1. The second kappa shape index (κ2) is 8.07. The van der Waals surface area contributed by atoms with E-state index in [9.17, 15) is 13.8 Å². The third-order valence-corrected chi connectivity index (χ3v) is 7.44. The molecule has 1 aliphatic rings. The molecule has 27 heavy (non-hydrogen) atoms. The molecule has 1 aromatic carbocycles. The van der Waals surface area contributed by atoms with Gasteiger partial charge < -0.3 is 4.90 Å². The summed E-state index contributed by atoms with van der Waals surface area (Å²) in [7, 11) is -1.30. The van der Waals surface area contributed by atoms with Crippen molar-refractivity contribution in [3.8, 4) is 0 Å². The molecule has 1 aliphatic heterocycles. The molecule has 2 heterocycles. The van der Waals surface area contributed by atoms with Crippen LogP contribution in [0.25, 0.3) is 0 Å². The Morgan fingerprint density at radius 3 is 2.67 bits per heavy atom. The van der Waals surface area contributed by atoms with Crippen molar-refractivity contribution in [2.45, 2.75) is 46.4 Å². The van der Waals surface area contributed by atoms with Crippen LogP contribution < -0.4 is 0 Å². The molecule has 0 unspecified atom stereocenters. The maximum Gasteiger partial charge on any atom is 0.235 e. The van der Waals surface area contributed by atoms with Gasteiger partial charge in [-0.15, -0.1) is 11.3 Å². The number of amides is 1. The molecule has 1 aromatic heterocycles. The number of benzene rings is 1. The first-order valence-electron chi connectivity index (χ1n) is 9.06. The molecule has 6 heteroatoms. The van der Waals surface area contributed by atoms with Crippen molar-refractivity contribution in [2.75, 3.05) is 12.3 Å². The third kappa shape index (κ3) is 4.22. The first-order valence-corrected chi connectivity index (χ1v) is 11.4. The van der Waals surface area contributed by atoms with E-state index in [4.69, 9.17) is 0 Å². The van der Waals surface area contributed by atoms with Crippen LogP contribution in [-0.4, -0.2) is 33.1 Å². The number of hydrogen-bond acceptors (Lipinski definition) is 4. The smallest absolute Gasteiger partial charge is 0.235 e. The number of carbonyl (C=O) groups is 2. The summed E-state index contributed by atoms with van der Waals surface area (Å²) in [5.74, 6) is 0.302. The van der Waals surface area contributed by atoms with Gasteiger partial charge in [0.2, 0.25) is 5.91 Å². The molecule has 3 rings (SSSR count). The zero-order valence-corrected chi connectivity index (χ0v) is 17.9. The van der Waals surface area contributed by atoms with Crippen molar-refractivity contribution in [2.24, 2.45) is 0 Å². The summed E-state index contributed by atoms with van der Waals surface area (Å²) in [6.07, 6.45) is 0.878. The maximum absolute atomic E-state index is 12.7. The van der Waals surface area contributed by atoms with Gasteiger partial charge >= 0.3 is 0 Å². The summed E-state index contributed by atoms with van der Waals surface area (Å²) in [6.45, 7) is 8.68. The van der Waals surface area contributed by atoms with E-state index in [2.05, 4.69) is 11.4 Å². The largest absolute Gasteiger partial charge is 0.337 e. The van der Waals surface area contributed by atoms with Crippen LogP contribution in [0.2, 0.25) is 0 Å². The Bertz CT molecular complexity index is 930. The van der Waals surface area contributed by atoms with Crippen molar-refractivity contribution in [1.29, 1.82) is 0 Å². The molecule has 0 N–H and O–H groups in total. The fourth-order valence-electron chi connectivity index (χ4n) is 3.89. The molecule has 0 radical (unpaired) electrons. The summed E-state index contributed by atoms with van der Waals surface area (Å²) in [5.41, 5.74) is 5.71. The standard InChI is InChI=1S/C21H25NO3S2/c1-13-9-14(2)21(16(4)23)15(3)18(13)11-27(25)12-20(24)22-7-5-19-17(10-22)6-8-26-19/h6,8-9H,5,7,10-12H2,1-4H3/t27-/m1/s1. The Hall–Kier alpha value is -1.79. The lowest BCUT2D eigenvalue weighted by molar-refractivity contribution is -0.129. The minimum absolute atomic E-state index is 0.0213. The topological polar surface area (TPSA) is 54.5 Å². The molecular weight excluding hydrogens is 378 g/mol. The average molecular weight is 404 g/mol. The molecule has 144 valence electrons. The monoisotopic (exact) mass is 403 g/mol. The van der Waals surface area contributed by atoms with Gasteiger partial charge in [0.05, 0.1) is 0 Å². The van der Waals surface area contributed by atoms with Gasteiger partial charge in [0, 0.05) is 40.1 Å². The van der Waals surface area contributed by atoms with E-state index < -0.39 is 10.8 Å². The van der Waals surface area contributed by atoms with E-state index in [1.54, 1.807) is 18.3 Å². The van der Waals surface area contributed by atoms with Crippen molar-refractivity contribution in [1.82, 2.24) is 4.90 Å². The van der Waals surface area contributed by atoms with E-state index in [0.717, 1.165) is 28.7 Å². The van der Waals surface area contributed by atoms with E-state index >= 15 is 0 Å². The Morgan fingerprint density at radius 2 is 1.96 bits per heavy atom. The van der Waals surface area contributed by atoms with Crippen molar-refractivity contribution >= 4 is 33.8 Å². The lowest BCUT2D eigenvalue weighted by Crippen LogP contribution is -2.38. The third-order valence-electron chi connectivity index (χ3n) is 5.23. The van der Waals surface area contributed by atoms with Crippen LogP contribution in [-0.2, 0) is 34.3 Å². The number of thiophene rings is 1. The summed E-state index contributed by atoms with van der Waals surface area (Å²) >= 11 is 1.74. The number of ketones is 1.